The molecular formula is C10H7ClN2O4S. The molecule has 18 heavy (non-hydrogen) atoms. The van der Waals surface area contributed by atoms with Gasteiger partial charge >= 0.3 is 5.69 Å². The van der Waals surface area contributed by atoms with E-state index in [-0.39, 0.29) is 23.2 Å². The normalized spacial score (nSPS) is 10.7. The Kier molecular flexibility index (Phi) is 3.76. The topological polar surface area (TPSA) is 106 Å². The summed E-state index contributed by atoms with van der Waals surface area (Å²) < 4.78 is 31.4. The summed E-state index contributed by atoms with van der Waals surface area (Å²) in [7, 11) is -4.49. The van der Waals surface area contributed by atoms with E-state index >= 15 is 0 Å². The highest BCUT2D eigenvalue weighted by atomic mass is 35.5. The van der Waals surface area contributed by atoms with Crippen LogP contribution in [0.3, 0.4) is 0 Å². The number of halogens is 1. The van der Waals surface area contributed by atoms with Gasteiger partial charge in [-0.3, -0.25) is 4.55 Å². The van der Waals surface area contributed by atoms with Crippen LogP contribution in [0.4, 0.5) is 5.69 Å². The van der Waals surface area contributed by atoms with Crippen LogP contribution in [0, 0.1) is 5.39 Å². The van der Waals surface area contributed by atoms with Crippen molar-refractivity contribution in [1.29, 1.82) is 5.39 Å². The number of nitrogens with zero attached hydrogens (tertiary/aromatic N) is 2. The average Bonchev–Trinajstić information content (AvgIpc) is 2.28. The summed E-state index contributed by atoms with van der Waals surface area (Å²) in [6.07, 6.45) is 0. The maximum Gasteiger partial charge on any atom is 0.379 e. The van der Waals surface area contributed by atoms with E-state index in [1.807, 2.05) is 0 Å². The molecule has 0 aliphatic rings. The lowest BCUT2D eigenvalue weighted by molar-refractivity contribution is -0.264. The van der Waals surface area contributed by atoms with Crippen molar-refractivity contribution in [3.8, 4) is 5.75 Å². The van der Waals surface area contributed by atoms with Crippen molar-refractivity contribution in [1.82, 2.24) is 0 Å². The van der Waals surface area contributed by atoms with Gasteiger partial charge < -0.3 is 5.11 Å². The summed E-state index contributed by atoms with van der Waals surface area (Å²) in [6.45, 7) is 0. The maximum atomic E-state index is 11.7. The van der Waals surface area contributed by atoms with E-state index in [4.69, 9.17) is 9.95 Å². The van der Waals surface area contributed by atoms with Gasteiger partial charge in [-0.25, -0.2) is 0 Å². The molecule has 0 bridgehead atoms. The van der Waals surface area contributed by atoms with Gasteiger partial charge in [0.05, 0.1) is 6.07 Å². The van der Waals surface area contributed by atoms with Gasteiger partial charge in [-0.05, 0) is 11.1 Å². The third kappa shape index (κ3) is 2.22. The molecule has 0 aliphatic heterocycles. The van der Waals surface area contributed by atoms with Crippen LogP contribution in [0.1, 0.15) is 0 Å². The summed E-state index contributed by atoms with van der Waals surface area (Å²) in [5.74, 6) is -0.601. The van der Waals surface area contributed by atoms with Crippen LogP contribution in [0.5, 0.6) is 5.75 Å². The van der Waals surface area contributed by atoms with Gasteiger partial charge in [0.2, 0.25) is 5.39 Å². The van der Waals surface area contributed by atoms with E-state index in [1.165, 1.54) is 18.2 Å². The summed E-state index contributed by atoms with van der Waals surface area (Å²) in [6, 6.07) is 6.69. The van der Waals surface area contributed by atoms with E-state index < -0.39 is 26.5 Å². The Bertz CT molecular complexity index is 752. The summed E-state index contributed by atoms with van der Waals surface area (Å²) in [5, 5.41) is 20.5. The summed E-state index contributed by atoms with van der Waals surface area (Å²) in [4.78, 5) is 2.25. The first-order valence-electron chi connectivity index (χ1n) is 4.50. The molecule has 0 atom stereocenters. The largest absolute Gasteiger partial charge is 0.867 e. The zero-order valence-corrected chi connectivity index (χ0v) is 10.4. The molecule has 0 radical (unpaired) electrons. The number of diazo groups is 1. The predicted molar refractivity (Wildman–Crippen MR) is 65.2 cm³/mol. The van der Waals surface area contributed by atoms with Crippen molar-refractivity contribution >= 4 is 39.0 Å². The van der Waals surface area contributed by atoms with Crippen molar-refractivity contribution in [3.63, 3.8) is 0 Å². The van der Waals surface area contributed by atoms with Crippen molar-refractivity contribution in [2.75, 3.05) is 0 Å². The highest BCUT2D eigenvalue weighted by molar-refractivity contribution is 7.86. The quantitative estimate of drug-likeness (QED) is 0.638. The second-order valence-corrected chi connectivity index (χ2v) is 4.73. The molecule has 1 N–H and O–H groups in total. The van der Waals surface area contributed by atoms with E-state index in [0.29, 0.717) is 0 Å². The molecule has 8 heteroatoms. The third-order valence-electron chi connectivity index (χ3n) is 2.32. The number of hydrogen-bond acceptors (Lipinski definition) is 4. The molecule has 0 saturated carbocycles. The van der Waals surface area contributed by atoms with Gasteiger partial charge in [0.1, 0.15) is 4.90 Å². The molecule has 6 nitrogen and oxygen atoms in total. The van der Waals surface area contributed by atoms with Crippen molar-refractivity contribution in [3.05, 3.63) is 35.3 Å². The molecule has 0 saturated heterocycles. The van der Waals surface area contributed by atoms with Gasteiger partial charge in [-0.2, -0.15) is 8.42 Å². The van der Waals surface area contributed by atoms with Crippen LogP contribution in [-0.2, 0) is 10.1 Å². The molecule has 94 valence electrons. The Morgan fingerprint density at radius 3 is 2.28 bits per heavy atom. The molecule has 2 rings (SSSR count). The van der Waals surface area contributed by atoms with Gasteiger partial charge in [-0.1, -0.05) is 24.3 Å². The minimum atomic E-state index is -4.49. The van der Waals surface area contributed by atoms with E-state index in [2.05, 4.69) is 4.98 Å². The Balaban J connectivity index is 0.00000162. The van der Waals surface area contributed by atoms with Gasteiger partial charge in [0.25, 0.3) is 10.1 Å². The minimum absolute atomic E-state index is 0. The molecule has 0 aromatic heterocycles. The fourth-order valence-electron chi connectivity index (χ4n) is 1.59. The standard InChI is InChI=1S/C10H6N2O4S.ClH/c11-12-8-5-9(17(14,15)16)6-3-1-2-4-7(6)10(8)13;/h1-5H,(H-,13,14,15,16);1H. The summed E-state index contributed by atoms with van der Waals surface area (Å²) in [5.41, 5.74) is -0.434. The van der Waals surface area contributed by atoms with E-state index in [9.17, 15) is 13.5 Å². The molecule has 2 aromatic rings. The Labute approximate surface area is 109 Å². The van der Waals surface area contributed by atoms with Crippen LogP contribution in [0.15, 0.2) is 35.2 Å². The van der Waals surface area contributed by atoms with Gasteiger partial charge in [-0.15, -0.1) is 12.4 Å². The number of benzene rings is 2. The Morgan fingerprint density at radius 1 is 1.22 bits per heavy atom. The predicted octanol–water partition coefficient (Wildman–Crippen LogP) is 2.07. The molecule has 0 aliphatic carbocycles. The average molecular weight is 287 g/mol. The Hall–Kier alpha value is -1.88. The number of hydrogen-bond donors (Lipinski definition) is 1. The van der Waals surface area contributed by atoms with Crippen LogP contribution >= 0.6 is 12.4 Å². The fraction of sp³-hybridized carbons (Fsp3) is 0. The minimum Gasteiger partial charge on any atom is -0.867 e. The smallest absolute Gasteiger partial charge is 0.379 e. The second kappa shape index (κ2) is 4.78. The first kappa shape index (κ1) is 14.2. The SMILES string of the molecule is Cl.N#[N+]c1cc(S(=O)(=O)O)c2ccccc2c1[O-]. The van der Waals surface area contributed by atoms with Gasteiger partial charge in [0.15, 0.2) is 4.98 Å². The molecule has 0 heterocycles. The zero-order chi connectivity index (χ0) is 12.6. The fourth-order valence-corrected chi connectivity index (χ4v) is 2.31. The van der Waals surface area contributed by atoms with E-state index in [1.54, 1.807) is 6.07 Å². The van der Waals surface area contributed by atoms with Crippen LogP contribution in [0.25, 0.3) is 15.7 Å². The first-order valence-corrected chi connectivity index (χ1v) is 5.94. The number of rotatable bonds is 1. The van der Waals surface area contributed by atoms with E-state index in [0.717, 1.165) is 6.07 Å². The third-order valence-corrected chi connectivity index (χ3v) is 3.22. The van der Waals surface area contributed by atoms with Crippen LogP contribution < -0.4 is 5.11 Å². The maximum absolute atomic E-state index is 11.7. The highest BCUT2D eigenvalue weighted by Gasteiger charge is 2.21. The lowest BCUT2D eigenvalue weighted by Crippen LogP contribution is -2.01. The highest BCUT2D eigenvalue weighted by Crippen LogP contribution is 2.36. The monoisotopic (exact) mass is 286 g/mol. The number of fused-ring (bicyclic) bond motifs is 1. The molecule has 2 aromatic carbocycles. The Morgan fingerprint density at radius 2 is 1.78 bits per heavy atom. The van der Waals surface area contributed by atoms with Crippen molar-refractivity contribution < 1.29 is 18.1 Å². The van der Waals surface area contributed by atoms with Crippen LogP contribution in [-0.4, -0.2) is 13.0 Å². The molecular weight excluding hydrogens is 280 g/mol. The van der Waals surface area contributed by atoms with Crippen molar-refractivity contribution in [2.45, 2.75) is 4.90 Å². The molecule has 0 fully saturated rings. The lowest BCUT2D eigenvalue weighted by Gasteiger charge is -2.09. The first-order chi connectivity index (χ1) is 7.95. The molecule has 0 amide bonds. The second-order valence-electron chi connectivity index (χ2n) is 3.34. The van der Waals surface area contributed by atoms with Crippen molar-refractivity contribution in [2.24, 2.45) is 0 Å². The lowest BCUT2D eigenvalue weighted by atomic mass is 10.1. The molecule has 0 unspecified atom stereocenters. The summed E-state index contributed by atoms with van der Waals surface area (Å²) >= 11 is 0. The zero-order valence-electron chi connectivity index (χ0n) is 8.77. The van der Waals surface area contributed by atoms with Crippen LogP contribution in [0.2, 0.25) is 0 Å². The molecule has 0 spiro atoms. The van der Waals surface area contributed by atoms with Gasteiger partial charge in [0, 0.05) is 5.39 Å².